The Morgan fingerprint density at radius 2 is 1.88 bits per heavy atom. The molecule has 0 aliphatic carbocycles. The van der Waals surface area contributed by atoms with Gasteiger partial charge in [0.15, 0.2) is 6.61 Å². The maximum Gasteiger partial charge on any atom is 0.265 e. The molecule has 166 valence electrons. The first-order valence-corrected chi connectivity index (χ1v) is 12.4. The van der Waals surface area contributed by atoms with Crippen LogP contribution >= 0.6 is 15.9 Å². The van der Waals surface area contributed by atoms with Gasteiger partial charge in [0.25, 0.3) is 15.9 Å². The predicted octanol–water partition coefficient (Wildman–Crippen LogP) is 4.91. The summed E-state index contributed by atoms with van der Waals surface area (Å²) in [6, 6.07) is 19.2. The van der Waals surface area contributed by atoms with Crippen LogP contribution in [0, 0.1) is 6.92 Å². The molecule has 8 heteroatoms. The molecule has 1 heterocycles. The number of rotatable bonds is 6. The molecule has 6 nitrogen and oxygen atoms in total. The third kappa shape index (κ3) is 4.66. The maximum absolute atomic E-state index is 12.9. The van der Waals surface area contributed by atoms with Crippen LogP contribution in [-0.2, 0) is 21.2 Å². The molecular weight excluding hydrogens is 492 g/mol. The van der Waals surface area contributed by atoms with Crippen molar-refractivity contribution in [2.75, 3.05) is 16.2 Å². The van der Waals surface area contributed by atoms with E-state index in [1.54, 1.807) is 42.2 Å². The van der Waals surface area contributed by atoms with Gasteiger partial charge in [-0.25, -0.2) is 8.42 Å². The van der Waals surface area contributed by atoms with Gasteiger partial charge in [-0.05, 0) is 79.9 Å². The van der Waals surface area contributed by atoms with E-state index < -0.39 is 10.0 Å². The van der Waals surface area contributed by atoms with E-state index in [9.17, 15) is 13.2 Å². The lowest BCUT2D eigenvalue weighted by Gasteiger charge is -2.23. The number of sulfonamides is 1. The number of aryl methyl sites for hydroxylation is 1. The van der Waals surface area contributed by atoms with Crippen LogP contribution in [-0.4, -0.2) is 27.0 Å². The largest absolute Gasteiger partial charge is 0.483 e. The van der Waals surface area contributed by atoms with Crippen LogP contribution < -0.4 is 14.4 Å². The molecule has 0 spiro atoms. The quantitative estimate of drug-likeness (QED) is 0.506. The fourth-order valence-corrected chi connectivity index (χ4v) is 5.41. The van der Waals surface area contributed by atoms with Crippen molar-refractivity contribution in [3.05, 3.63) is 82.3 Å². The Morgan fingerprint density at radius 1 is 1.12 bits per heavy atom. The summed E-state index contributed by atoms with van der Waals surface area (Å²) in [5.41, 5.74) is 3.15. The monoisotopic (exact) mass is 514 g/mol. The van der Waals surface area contributed by atoms with Crippen molar-refractivity contribution in [3.63, 3.8) is 0 Å². The van der Waals surface area contributed by atoms with Gasteiger partial charge in [-0.15, -0.1) is 0 Å². The van der Waals surface area contributed by atoms with Crippen LogP contribution in [0.15, 0.2) is 76.1 Å². The summed E-state index contributed by atoms with van der Waals surface area (Å²) in [4.78, 5) is 14.8. The molecule has 1 N–H and O–H groups in total. The lowest BCUT2D eigenvalue weighted by Crippen LogP contribution is -2.39. The number of amides is 1. The van der Waals surface area contributed by atoms with Crippen LogP contribution in [0.4, 0.5) is 11.4 Å². The van der Waals surface area contributed by atoms with E-state index in [1.807, 2.05) is 31.2 Å². The molecule has 1 aliphatic heterocycles. The van der Waals surface area contributed by atoms with Crippen LogP contribution in [0.25, 0.3) is 0 Å². The van der Waals surface area contributed by atoms with Gasteiger partial charge < -0.3 is 9.64 Å². The van der Waals surface area contributed by atoms with Crippen molar-refractivity contribution >= 4 is 43.2 Å². The zero-order valence-corrected chi connectivity index (χ0v) is 20.1. The second-order valence-electron chi connectivity index (χ2n) is 7.78. The van der Waals surface area contributed by atoms with Crippen molar-refractivity contribution in [2.24, 2.45) is 0 Å². The highest BCUT2D eigenvalue weighted by atomic mass is 79.9. The van der Waals surface area contributed by atoms with E-state index in [2.05, 4.69) is 20.7 Å². The van der Waals surface area contributed by atoms with Crippen LogP contribution in [0.5, 0.6) is 5.75 Å². The zero-order chi connectivity index (χ0) is 22.9. The Morgan fingerprint density at radius 3 is 2.59 bits per heavy atom. The van der Waals surface area contributed by atoms with Crippen LogP contribution in [0.1, 0.15) is 18.1 Å². The number of nitrogens with zero attached hydrogens (tertiary/aromatic N) is 1. The molecule has 0 unspecified atom stereocenters. The highest BCUT2D eigenvalue weighted by Crippen LogP contribution is 2.34. The van der Waals surface area contributed by atoms with Crippen molar-refractivity contribution < 1.29 is 17.9 Å². The number of halogens is 1. The minimum Gasteiger partial charge on any atom is -0.483 e. The molecule has 0 bridgehead atoms. The van der Waals surface area contributed by atoms with E-state index >= 15 is 0 Å². The predicted molar refractivity (Wildman–Crippen MR) is 129 cm³/mol. The SMILES string of the molecule is Cc1cc(S(=O)(=O)Nc2ccccc2)ccc1OCC(=O)N1c2ccc(Br)cc2C[C@@H]1C. The summed E-state index contributed by atoms with van der Waals surface area (Å²) in [6.07, 6.45) is 0.792. The van der Waals surface area contributed by atoms with Gasteiger partial charge in [0.1, 0.15) is 5.75 Å². The van der Waals surface area contributed by atoms with Gasteiger partial charge in [-0.2, -0.15) is 0 Å². The van der Waals surface area contributed by atoms with Crippen LogP contribution in [0.3, 0.4) is 0 Å². The number of para-hydroxylation sites is 1. The summed E-state index contributed by atoms with van der Waals surface area (Å²) in [7, 11) is -3.73. The molecule has 4 rings (SSSR count). The first kappa shape index (κ1) is 22.4. The summed E-state index contributed by atoms with van der Waals surface area (Å²) in [5.74, 6) is 0.334. The lowest BCUT2D eigenvalue weighted by atomic mass is 10.1. The Kier molecular flexibility index (Phi) is 6.26. The van der Waals surface area contributed by atoms with Crippen molar-refractivity contribution in [2.45, 2.75) is 31.2 Å². The van der Waals surface area contributed by atoms with Gasteiger partial charge in [0.2, 0.25) is 0 Å². The molecule has 0 fully saturated rings. The Balaban J connectivity index is 1.45. The zero-order valence-electron chi connectivity index (χ0n) is 17.7. The molecule has 1 amide bonds. The number of fused-ring (bicyclic) bond motifs is 1. The fourth-order valence-electron chi connectivity index (χ4n) is 3.86. The van der Waals surface area contributed by atoms with E-state index in [0.29, 0.717) is 17.0 Å². The van der Waals surface area contributed by atoms with Crippen molar-refractivity contribution in [1.82, 2.24) is 0 Å². The normalized spacial score (nSPS) is 15.3. The number of hydrogen-bond donors (Lipinski definition) is 1. The molecule has 0 aromatic heterocycles. The molecule has 0 radical (unpaired) electrons. The molecule has 1 atom stereocenters. The topological polar surface area (TPSA) is 75.7 Å². The Labute approximate surface area is 196 Å². The summed E-state index contributed by atoms with van der Waals surface area (Å²) in [5, 5.41) is 0. The average molecular weight is 515 g/mol. The number of carbonyl (C=O) groups is 1. The van der Waals surface area contributed by atoms with E-state index in [1.165, 1.54) is 12.1 Å². The summed E-state index contributed by atoms with van der Waals surface area (Å²) < 4.78 is 34.6. The second kappa shape index (κ2) is 8.96. The highest BCUT2D eigenvalue weighted by molar-refractivity contribution is 9.10. The van der Waals surface area contributed by atoms with Crippen molar-refractivity contribution in [1.29, 1.82) is 0 Å². The first-order chi connectivity index (χ1) is 15.2. The highest BCUT2D eigenvalue weighted by Gasteiger charge is 2.31. The molecule has 0 saturated carbocycles. The van der Waals surface area contributed by atoms with Gasteiger partial charge in [-0.3, -0.25) is 9.52 Å². The van der Waals surface area contributed by atoms with Crippen LogP contribution in [0.2, 0.25) is 0 Å². The third-order valence-corrected chi connectivity index (χ3v) is 7.23. The number of benzene rings is 3. The minimum absolute atomic E-state index is 0.0491. The number of nitrogens with one attached hydrogen (secondary N) is 1. The standard InChI is InChI=1S/C24H23BrN2O4S/c1-16-12-21(32(29,30)26-20-6-4-3-5-7-20)9-11-23(16)31-15-24(28)27-17(2)13-18-14-19(25)8-10-22(18)27/h3-12,14,17,26H,13,15H2,1-2H3/t17-/m0/s1. The Bertz CT molecular complexity index is 1260. The molecule has 1 aliphatic rings. The first-order valence-electron chi connectivity index (χ1n) is 10.2. The smallest absolute Gasteiger partial charge is 0.265 e. The molecule has 3 aromatic carbocycles. The molecule has 32 heavy (non-hydrogen) atoms. The fraction of sp³-hybridized carbons (Fsp3) is 0.208. The minimum atomic E-state index is -3.73. The Hall–Kier alpha value is -2.84. The lowest BCUT2D eigenvalue weighted by molar-refractivity contribution is -0.120. The third-order valence-electron chi connectivity index (χ3n) is 5.36. The average Bonchev–Trinajstić information content (AvgIpc) is 3.07. The maximum atomic E-state index is 12.9. The number of anilines is 2. The molecule has 0 saturated heterocycles. The van der Waals surface area contributed by atoms with Crippen molar-refractivity contribution in [3.8, 4) is 5.75 Å². The van der Waals surface area contributed by atoms with Gasteiger partial charge in [-0.1, -0.05) is 34.1 Å². The molecule has 3 aromatic rings. The second-order valence-corrected chi connectivity index (χ2v) is 10.4. The number of ether oxygens (including phenoxy) is 1. The number of carbonyl (C=O) groups excluding carboxylic acids is 1. The van der Waals surface area contributed by atoms with E-state index in [0.717, 1.165) is 22.1 Å². The molecular formula is C24H23BrN2O4S. The summed E-state index contributed by atoms with van der Waals surface area (Å²) >= 11 is 3.47. The van der Waals surface area contributed by atoms with E-state index in [4.69, 9.17) is 4.74 Å². The van der Waals surface area contributed by atoms with Gasteiger partial charge >= 0.3 is 0 Å². The van der Waals surface area contributed by atoms with Gasteiger partial charge in [0.05, 0.1) is 4.90 Å². The van der Waals surface area contributed by atoms with E-state index in [-0.39, 0.29) is 23.5 Å². The number of hydrogen-bond acceptors (Lipinski definition) is 4. The van der Waals surface area contributed by atoms with Gasteiger partial charge in [0, 0.05) is 21.9 Å². The summed E-state index contributed by atoms with van der Waals surface area (Å²) in [6.45, 7) is 3.64.